The topological polar surface area (TPSA) is 67.1 Å². The summed E-state index contributed by atoms with van der Waals surface area (Å²) >= 11 is 1.61. The molecule has 0 saturated carbocycles. The third kappa shape index (κ3) is 6.56. The fourth-order valence-corrected chi connectivity index (χ4v) is 4.00. The molecule has 2 aromatic carbocycles. The number of carbonyl (C=O) groups excluding carboxylic acids is 2. The molecule has 0 spiro atoms. The number of piperazine rings is 1. The van der Waals surface area contributed by atoms with Crippen molar-refractivity contribution >= 4 is 35.0 Å². The molecule has 0 bridgehead atoms. The normalized spacial score (nSPS) is 18.8. The Balaban J connectivity index is 1.40. The molecule has 8 heteroatoms. The van der Waals surface area contributed by atoms with Gasteiger partial charge in [-0.25, -0.2) is 4.39 Å². The van der Waals surface area contributed by atoms with Crippen LogP contribution in [0.2, 0.25) is 0 Å². The second-order valence-electron chi connectivity index (χ2n) is 7.16. The van der Waals surface area contributed by atoms with Gasteiger partial charge in [-0.3, -0.25) is 9.59 Å². The fraction of sp³-hybridized carbons (Fsp3) is 0.333. The van der Waals surface area contributed by atoms with Crippen LogP contribution >= 0.6 is 11.8 Å². The first kappa shape index (κ1) is 21.3. The first-order valence-corrected chi connectivity index (χ1v) is 10.9. The van der Waals surface area contributed by atoms with Crippen molar-refractivity contribution in [3.05, 3.63) is 54.3 Å². The van der Waals surface area contributed by atoms with Crippen LogP contribution in [0.15, 0.2) is 53.4 Å². The van der Waals surface area contributed by atoms with Crippen molar-refractivity contribution in [3.8, 4) is 0 Å². The summed E-state index contributed by atoms with van der Waals surface area (Å²) in [6, 6.07) is 13.5. The number of nitrogens with one attached hydrogen (secondary N) is 4. The fourth-order valence-electron chi connectivity index (χ4n) is 3.45. The molecule has 1 fully saturated rings. The van der Waals surface area contributed by atoms with Crippen molar-refractivity contribution in [1.29, 1.82) is 0 Å². The van der Waals surface area contributed by atoms with E-state index in [9.17, 15) is 14.0 Å². The summed E-state index contributed by atoms with van der Waals surface area (Å²) in [6.07, 6.45) is 1.99. The number of carbonyl (C=O) groups is 2. The number of benzene rings is 2. The maximum Gasteiger partial charge on any atom is 0.279 e. The molecule has 1 heterocycles. The number of quaternary nitrogens is 2. The lowest BCUT2D eigenvalue weighted by Crippen LogP contribution is -3.28. The number of hydrogen-bond donors (Lipinski definition) is 4. The summed E-state index contributed by atoms with van der Waals surface area (Å²) < 4.78 is 12.9. The number of amides is 2. The van der Waals surface area contributed by atoms with E-state index < -0.39 is 0 Å². The third-order valence-corrected chi connectivity index (χ3v) is 5.79. The van der Waals surface area contributed by atoms with E-state index >= 15 is 0 Å². The van der Waals surface area contributed by atoms with Crippen LogP contribution in [0.3, 0.4) is 0 Å². The zero-order valence-corrected chi connectivity index (χ0v) is 17.3. The van der Waals surface area contributed by atoms with Crippen molar-refractivity contribution in [2.24, 2.45) is 0 Å². The van der Waals surface area contributed by atoms with Gasteiger partial charge in [0.2, 0.25) is 0 Å². The van der Waals surface area contributed by atoms with Gasteiger partial charge in [0.05, 0.1) is 5.69 Å². The van der Waals surface area contributed by atoms with Crippen molar-refractivity contribution in [2.75, 3.05) is 56.2 Å². The minimum absolute atomic E-state index is 0.0130. The Labute approximate surface area is 174 Å². The maximum absolute atomic E-state index is 12.9. The van der Waals surface area contributed by atoms with E-state index in [0.29, 0.717) is 18.8 Å². The molecule has 1 saturated heterocycles. The van der Waals surface area contributed by atoms with Gasteiger partial charge in [-0.1, -0.05) is 12.1 Å². The highest BCUT2D eigenvalue weighted by molar-refractivity contribution is 7.98. The highest BCUT2D eigenvalue weighted by Gasteiger charge is 2.26. The number of halogens is 1. The van der Waals surface area contributed by atoms with Crippen LogP contribution in [-0.4, -0.2) is 57.3 Å². The van der Waals surface area contributed by atoms with Crippen LogP contribution in [-0.2, 0) is 9.59 Å². The highest BCUT2D eigenvalue weighted by Crippen LogP contribution is 2.24. The number of thioether (sulfide) groups is 1. The number of rotatable bonds is 7. The van der Waals surface area contributed by atoms with E-state index in [1.165, 1.54) is 21.9 Å². The van der Waals surface area contributed by atoms with Gasteiger partial charge in [0.15, 0.2) is 13.1 Å². The van der Waals surface area contributed by atoms with Crippen molar-refractivity contribution in [3.63, 3.8) is 0 Å². The Hall–Kier alpha value is -2.42. The van der Waals surface area contributed by atoms with Crippen LogP contribution < -0.4 is 20.4 Å². The quantitative estimate of drug-likeness (QED) is 0.475. The van der Waals surface area contributed by atoms with Crippen molar-refractivity contribution < 1.29 is 23.8 Å². The molecule has 0 unspecified atom stereocenters. The first-order valence-electron chi connectivity index (χ1n) is 9.69. The predicted molar refractivity (Wildman–Crippen MR) is 113 cm³/mol. The lowest BCUT2D eigenvalue weighted by atomic mass is 10.2. The summed E-state index contributed by atoms with van der Waals surface area (Å²) in [7, 11) is 0. The summed E-state index contributed by atoms with van der Waals surface area (Å²) in [5, 5.41) is 5.80. The van der Waals surface area contributed by atoms with Gasteiger partial charge in [-0.15, -0.1) is 11.8 Å². The molecule has 6 nitrogen and oxygen atoms in total. The van der Waals surface area contributed by atoms with Crippen LogP contribution in [0, 0.1) is 5.82 Å². The van der Waals surface area contributed by atoms with Gasteiger partial charge >= 0.3 is 0 Å². The van der Waals surface area contributed by atoms with E-state index in [1.807, 2.05) is 30.5 Å². The average Bonchev–Trinajstić information content (AvgIpc) is 2.71. The molecule has 0 atom stereocenters. The smallest absolute Gasteiger partial charge is 0.279 e. The first-order chi connectivity index (χ1) is 14.0. The molecule has 0 radical (unpaired) electrons. The second kappa shape index (κ2) is 10.4. The van der Waals surface area contributed by atoms with Crippen LogP contribution in [0.1, 0.15) is 0 Å². The van der Waals surface area contributed by atoms with Gasteiger partial charge in [0.25, 0.3) is 11.8 Å². The maximum atomic E-state index is 12.9. The monoisotopic (exact) mass is 418 g/mol. The summed E-state index contributed by atoms with van der Waals surface area (Å²) in [4.78, 5) is 28.1. The number of hydrogen-bond acceptors (Lipinski definition) is 3. The highest BCUT2D eigenvalue weighted by atomic mass is 32.2. The lowest BCUT2D eigenvalue weighted by molar-refractivity contribution is -1.00. The molecule has 29 heavy (non-hydrogen) atoms. The molecule has 2 amide bonds. The van der Waals surface area contributed by atoms with Crippen LogP contribution in [0.5, 0.6) is 0 Å². The molecule has 1 aliphatic rings. The minimum Gasteiger partial charge on any atom is -0.321 e. The SMILES string of the molecule is CSc1ccccc1NC(=O)C[NH+]1CC[NH+](CC(=O)Nc2ccc(F)cc2)CC1. The van der Waals surface area contributed by atoms with Gasteiger partial charge in [0.1, 0.15) is 32.0 Å². The van der Waals surface area contributed by atoms with Gasteiger partial charge in [0, 0.05) is 10.6 Å². The van der Waals surface area contributed by atoms with Crippen LogP contribution in [0.4, 0.5) is 15.8 Å². The van der Waals surface area contributed by atoms with E-state index in [0.717, 1.165) is 36.8 Å². The van der Waals surface area contributed by atoms with E-state index in [-0.39, 0.29) is 17.6 Å². The summed E-state index contributed by atoms with van der Waals surface area (Å²) in [5.41, 5.74) is 1.45. The molecule has 3 rings (SSSR count). The Morgan fingerprint density at radius 3 is 2.03 bits per heavy atom. The zero-order valence-electron chi connectivity index (χ0n) is 16.5. The molecule has 4 N–H and O–H groups in total. The Bertz CT molecular complexity index is 839. The molecule has 154 valence electrons. The van der Waals surface area contributed by atoms with E-state index in [4.69, 9.17) is 0 Å². The van der Waals surface area contributed by atoms with Crippen LogP contribution in [0.25, 0.3) is 0 Å². The van der Waals surface area contributed by atoms with Gasteiger partial charge in [-0.2, -0.15) is 0 Å². The molecular formula is C21H27FN4O2S+2. The Kier molecular flexibility index (Phi) is 7.62. The van der Waals surface area contributed by atoms with E-state index in [2.05, 4.69) is 10.6 Å². The average molecular weight is 419 g/mol. The number of para-hydroxylation sites is 1. The molecule has 1 aliphatic heterocycles. The predicted octanol–water partition coefficient (Wildman–Crippen LogP) is -0.0918. The minimum atomic E-state index is -0.325. The molecular weight excluding hydrogens is 391 g/mol. The molecule has 0 aliphatic carbocycles. The molecule has 2 aromatic rings. The summed E-state index contributed by atoms with van der Waals surface area (Å²) in [5.74, 6) is -0.394. The number of anilines is 2. The zero-order chi connectivity index (χ0) is 20.6. The van der Waals surface area contributed by atoms with E-state index in [1.54, 1.807) is 23.9 Å². The standard InChI is InChI=1S/C21H25FN4O2S/c1-29-19-5-3-2-4-18(19)24-21(28)15-26-12-10-25(11-13-26)14-20(27)23-17-8-6-16(22)7-9-17/h2-9H,10-15H2,1H3,(H,23,27)(H,24,28)/p+2. The molecule has 0 aromatic heterocycles. The third-order valence-electron chi connectivity index (χ3n) is 4.99. The van der Waals surface area contributed by atoms with Crippen molar-refractivity contribution in [1.82, 2.24) is 0 Å². The largest absolute Gasteiger partial charge is 0.321 e. The van der Waals surface area contributed by atoms with Gasteiger partial charge in [-0.05, 0) is 42.7 Å². The van der Waals surface area contributed by atoms with Crippen molar-refractivity contribution in [2.45, 2.75) is 4.90 Å². The lowest BCUT2D eigenvalue weighted by Gasteiger charge is -2.29. The summed E-state index contributed by atoms with van der Waals surface area (Å²) in [6.45, 7) is 4.16. The van der Waals surface area contributed by atoms with Gasteiger partial charge < -0.3 is 20.4 Å². The Morgan fingerprint density at radius 1 is 0.897 bits per heavy atom. The Morgan fingerprint density at radius 2 is 1.45 bits per heavy atom. The second-order valence-corrected chi connectivity index (χ2v) is 8.01.